The second-order valence-electron chi connectivity index (χ2n) is 9.11. The predicted octanol–water partition coefficient (Wildman–Crippen LogP) is -2.21. The van der Waals surface area contributed by atoms with Gasteiger partial charge in [0.2, 0.25) is 0 Å². The number of rotatable bonds is 9. The van der Waals surface area contributed by atoms with Gasteiger partial charge in [0, 0.05) is 50.7 Å². The molecule has 0 saturated carbocycles. The summed E-state index contributed by atoms with van der Waals surface area (Å²) in [4.78, 5) is 38.7. The Morgan fingerprint density at radius 1 is 1.24 bits per heavy atom. The van der Waals surface area contributed by atoms with Crippen molar-refractivity contribution in [3.05, 3.63) is 63.2 Å². The van der Waals surface area contributed by atoms with Gasteiger partial charge in [-0.15, -0.1) is 0 Å². The van der Waals surface area contributed by atoms with Crippen LogP contribution in [0.4, 0.5) is 13.2 Å². The maximum atomic E-state index is 12.2. The van der Waals surface area contributed by atoms with Crippen molar-refractivity contribution in [3.8, 4) is 0 Å². The van der Waals surface area contributed by atoms with E-state index >= 15 is 0 Å². The standard InChI is InChI=1S/C21H29N5O8.C2HF3O2/c22-7-14-17(29)18(30)20(33-14)34-15(10-24-9-11-2-1-4-23-8-11)13-6-12(27)19(32-13)26-5-3-16(28)25-21(26)31;3-2(4,5)1(6)7/h1-5,8,12-15,17-20,24,27,29-30H,6-7,9-10,22H2,(H,25,28,31);(H,6,7)/t12-,13+,14-,15+,17-,18-,19-,20+;/m1./s1. The van der Waals surface area contributed by atoms with E-state index in [-0.39, 0.29) is 19.5 Å². The van der Waals surface area contributed by atoms with Crippen molar-refractivity contribution in [1.82, 2.24) is 19.9 Å². The molecule has 0 spiro atoms. The minimum atomic E-state index is -5.08. The molecule has 2 saturated heterocycles. The molecule has 2 aromatic rings. The molecule has 0 aliphatic carbocycles. The summed E-state index contributed by atoms with van der Waals surface area (Å²) in [6.45, 7) is 0.696. The zero-order valence-corrected chi connectivity index (χ0v) is 21.3. The van der Waals surface area contributed by atoms with Crippen LogP contribution >= 0.6 is 0 Å². The number of aromatic nitrogens is 3. The van der Waals surface area contributed by atoms with Gasteiger partial charge in [-0.25, -0.2) is 9.59 Å². The highest BCUT2D eigenvalue weighted by atomic mass is 19.4. The topological polar surface area (TPSA) is 231 Å². The minimum Gasteiger partial charge on any atom is -0.475 e. The highest BCUT2D eigenvalue weighted by molar-refractivity contribution is 5.73. The zero-order valence-electron chi connectivity index (χ0n) is 21.3. The van der Waals surface area contributed by atoms with Gasteiger partial charge in [0.15, 0.2) is 12.5 Å². The van der Waals surface area contributed by atoms with Crippen molar-refractivity contribution in [1.29, 1.82) is 0 Å². The van der Waals surface area contributed by atoms with Crippen LogP contribution < -0.4 is 22.3 Å². The van der Waals surface area contributed by atoms with Gasteiger partial charge in [-0.1, -0.05) is 6.07 Å². The molecule has 0 aromatic carbocycles. The molecule has 8 atom stereocenters. The fourth-order valence-corrected chi connectivity index (χ4v) is 4.12. The first kappa shape index (κ1) is 32.3. The van der Waals surface area contributed by atoms with Crippen LogP contribution in [0.25, 0.3) is 0 Å². The quantitative estimate of drug-likeness (QED) is 0.164. The molecule has 2 aliphatic heterocycles. The SMILES string of the molecule is NC[C@H]1O[C@@H](O[C@@H](CNCc2cccnc2)[C@@H]2C[C@@H](O)[C@H](n3ccc(=O)[nH]c3=O)O2)[C@H](O)[C@@H]1O.O=C(O)C(F)(F)F. The number of pyridine rings is 1. The average molecular weight is 594 g/mol. The third kappa shape index (κ3) is 8.63. The summed E-state index contributed by atoms with van der Waals surface area (Å²) in [5, 5.41) is 41.4. The van der Waals surface area contributed by atoms with Gasteiger partial charge < -0.3 is 45.7 Å². The van der Waals surface area contributed by atoms with E-state index in [2.05, 4.69) is 15.3 Å². The smallest absolute Gasteiger partial charge is 0.475 e. The molecular weight excluding hydrogens is 563 g/mol. The normalized spacial score (nSPS) is 28.6. The van der Waals surface area contributed by atoms with Crippen molar-refractivity contribution >= 4 is 5.97 Å². The number of ether oxygens (including phenoxy) is 3. The Morgan fingerprint density at radius 3 is 2.51 bits per heavy atom. The third-order valence-electron chi connectivity index (χ3n) is 6.16. The van der Waals surface area contributed by atoms with E-state index in [0.717, 1.165) is 16.2 Å². The maximum absolute atomic E-state index is 12.2. The molecule has 0 radical (unpaired) electrons. The number of hydrogen-bond donors (Lipinski definition) is 7. The number of aliphatic carboxylic acids is 1. The number of aliphatic hydroxyl groups is 3. The number of aliphatic hydroxyl groups excluding tert-OH is 3. The lowest BCUT2D eigenvalue weighted by Gasteiger charge is -2.28. The molecule has 4 heterocycles. The number of nitrogens with two attached hydrogens (primary N) is 1. The molecule has 8 N–H and O–H groups in total. The average Bonchev–Trinajstić information content (AvgIpc) is 3.42. The number of carboxylic acid groups (broad SMARTS) is 1. The summed E-state index contributed by atoms with van der Waals surface area (Å²) in [7, 11) is 0. The van der Waals surface area contributed by atoms with E-state index in [1.807, 2.05) is 12.1 Å². The van der Waals surface area contributed by atoms with Gasteiger partial charge in [-0.3, -0.25) is 19.3 Å². The van der Waals surface area contributed by atoms with Crippen LogP contribution in [0.2, 0.25) is 0 Å². The number of aromatic amines is 1. The van der Waals surface area contributed by atoms with Crippen molar-refractivity contribution in [2.75, 3.05) is 13.1 Å². The summed E-state index contributed by atoms with van der Waals surface area (Å²) in [6.07, 6.45) is -8.37. The number of H-pyrrole nitrogens is 1. The van der Waals surface area contributed by atoms with Gasteiger partial charge in [-0.05, 0) is 11.6 Å². The van der Waals surface area contributed by atoms with Gasteiger partial charge in [0.1, 0.15) is 24.4 Å². The van der Waals surface area contributed by atoms with Gasteiger partial charge in [0.25, 0.3) is 5.56 Å². The Bertz CT molecular complexity index is 1250. The van der Waals surface area contributed by atoms with E-state index in [0.29, 0.717) is 6.54 Å². The van der Waals surface area contributed by atoms with Crippen LogP contribution in [0.5, 0.6) is 0 Å². The lowest BCUT2D eigenvalue weighted by atomic mass is 10.1. The van der Waals surface area contributed by atoms with Crippen LogP contribution in [0, 0.1) is 0 Å². The van der Waals surface area contributed by atoms with Crippen molar-refractivity contribution < 1.29 is 52.6 Å². The summed E-state index contributed by atoms with van der Waals surface area (Å²) in [5.74, 6) is -2.76. The summed E-state index contributed by atoms with van der Waals surface area (Å²) < 4.78 is 50.3. The fourth-order valence-electron chi connectivity index (χ4n) is 4.12. The Kier molecular flexibility index (Phi) is 11.1. The molecule has 0 unspecified atom stereocenters. The van der Waals surface area contributed by atoms with Crippen LogP contribution in [0.1, 0.15) is 18.2 Å². The number of halogens is 3. The molecule has 2 fully saturated rings. The molecule has 228 valence electrons. The monoisotopic (exact) mass is 593 g/mol. The van der Waals surface area contributed by atoms with Crippen molar-refractivity contribution in [2.45, 2.75) is 68.3 Å². The van der Waals surface area contributed by atoms with Gasteiger partial charge >= 0.3 is 17.8 Å². The molecule has 18 heteroatoms. The second kappa shape index (κ2) is 14.1. The Hall–Kier alpha value is -3.23. The van der Waals surface area contributed by atoms with E-state index in [1.165, 1.54) is 6.20 Å². The summed E-state index contributed by atoms with van der Waals surface area (Å²) in [5.41, 5.74) is 5.24. The number of nitrogens with zero attached hydrogens (tertiary/aromatic N) is 2. The number of carboxylic acids is 1. The lowest BCUT2D eigenvalue weighted by molar-refractivity contribution is -0.213. The number of hydrogen-bond acceptors (Lipinski definition) is 12. The third-order valence-corrected chi connectivity index (χ3v) is 6.16. The molecular formula is C23H30F3N5O10. The zero-order chi connectivity index (χ0) is 30.3. The Balaban J connectivity index is 0.000000587. The minimum absolute atomic E-state index is 0.00213. The van der Waals surface area contributed by atoms with Crippen LogP contribution in [0.15, 0.2) is 46.4 Å². The Morgan fingerprint density at radius 2 is 1.95 bits per heavy atom. The van der Waals surface area contributed by atoms with Crippen LogP contribution in [-0.4, -0.2) is 103 Å². The highest BCUT2D eigenvalue weighted by Gasteiger charge is 2.47. The first-order valence-corrected chi connectivity index (χ1v) is 12.2. The van der Waals surface area contributed by atoms with Gasteiger partial charge in [0.05, 0.1) is 12.2 Å². The lowest BCUT2D eigenvalue weighted by Crippen LogP contribution is -2.44. The van der Waals surface area contributed by atoms with Crippen LogP contribution in [0.3, 0.4) is 0 Å². The molecule has 4 rings (SSSR count). The number of alkyl halides is 3. The van der Waals surface area contributed by atoms with E-state index in [9.17, 15) is 38.1 Å². The predicted molar refractivity (Wildman–Crippen MR) is 130 cm³/mol. The van der Waals surface area contributed by atoms with Crippen molar-refractivity contribution in [3.63, 3.8) is 0 Å². The first-order chi connectivity index (χ1) is 19.3. The molecule has 41 heavy (non-hydrogen) atoms. The molecule has 0 amide bonds. The first-order valence-electron chi connectivity index (χ1n) is 12.2. The van der Waals surface area contributed by atoms with Crippen LogP contribution in [-0.2, 0) is 25.5 Å². The Labute approximate surface area is 229 Å². The van der Waals surface area contributed by atoms with Gasteiger partial charge in [-0.2, -0.15) is 13.2 Å². The largest absolute Gasteiger partial charge is 0.490 e. The van der Waals surface area contributed by atoms with E-state index < -0.39 is 72.5 Å². The summed E-state index contributed by atoms with van der Waals surface area (Å²) >= 11 is 0. The van der Waals surface area contributed by atoms with E-state index in [1.54, 1.807) is 12.4 Å². The summed E-state index contributed by atoms with van der Waals surface area (Å²) in [6, 6.07) is 4.87. The molecule has 2 aromatic heterocycles. The maximum Gasteiger partial charge on any atom is 0.490 e. The second-order valence-corrected chi connectivity index (χ2v) is 9.11. The molecule has 2 aliphatic rings. The highest BCUT2D eigenvalue weighted by Crippen LogP contribution is 2.32. The van der Waals surface area contributed by atoms with Crippen molar-refractivity contribution in [2.24, 2.45) is 5.73 Å². The molecule has 15 nitrogen and oxygen atoms in total. The van der Waals surface area contributed by atoms with E-state index in [4.69, 9.17) is 29.8 Å². The molecule has 0 bridgehead atoms. The number of carbonyl (C=O) groups is 1. The number of nitrogens with one attached hydrogen (secondary N) is 2. The fraction of sp³-hybridized carbons (Fsp3) is 0.565.